The zero-order valence-corrected chi connectivity index (χ0v) is 36.7. The number of pyridine rings is 1. The van der Waals surface area contributed by atoms with Gasteiger partial charge in [0.05, 0.1) is 28.4 Å². The van der Waals surface area contributed by atoms with Crippen molar-refractivity contribution >= 4 is 17.9 Å². The Kier molecular flexibility index (Phi) is 24.7. The van der Waals surface area contributed by atoms with E-state index >= 15 is 0 Å². The summed E-state index contributed by atoms with van der Waals surface area (Å²) in [6, 6.07) is 19.0. The molecule has 0 spiro atoms. The molecule has 56 heavy (non-hydrogen) atoms. The van der Waals surface area contributed by atoms with Gasteiger partial charge in [0.1, 0.15) is 34.7 Å². The van der Waals surface area contributed by atoms with Crippen LogP contribution in [0.1, 0.15) is 84.9 Å². The number of anilines is 1. The number of ether oxygens (including phenoxy) is 5. The molecule has 1 N–H and O–H groups in total. The summed E-state index contributed by atoms with van der Waals surface area (Å²) in [6.45, 7) is 20.9. The second-order valence-electron chi connectivity index (χ2n) is 11.5. The number of hydrogen-bond donors (Lipinski definition) is 1. The molecule has 0 fully saturated rings. The Morgan fingerprint density at radius 3 is 1.93 bits per heavy atom. The molecule has 12 nitrogen and oxygen atoms in total. The second-order valence-corrected chi connectivity index (χ2v) is 12.4. The van der Waals surface area contributed by atoms with Gasteiger partial charge in [-0.1, -0.05) is 70.5 Å². The molecule has 306 valence electrons. The van der Waals surface area contributed by atoms with Crippen LogP contribution in [0.4, 0.5) is 5.95 Å². The summed E-state index contributed by atoms with van der Waals surface area (Å²) in [5.41, 5.74) is 4.80. The molecular weight excluding hydrogens is 727 g/mol. The van der Waals surface area contributed by atoms with Crippen molar-refractivity contribution in [1.29, 1.82) is 0 Å². The van der Waals surface area contributed by atoms with Crippen molar-refractivity contribution in [3.05, 3.63) is 102 Å². The highest BCUT2D eigenvalue weighted by Crippen LogP contribution is 2.38. The van der Waals surface area contributed by atoms with Crippen LogP contribution < -0.4 is 23.7 Å². The molecule has 0 saturated carbocycles. The quantitative estimate of drug-likeness (QED) is 0.0849. The molecule has 0 saturated heterocycles. The minimum atomic E-state index is -0.301. The standard InChI is InChI=1S/C26H31N7O4S.C8H10O.C5H10.2C2H6/c1-6-13-37-21(24-27-14-17(2)15-28-24)16-38-32-26-31-30-25(18-9-7-12-22(29-18)36-5)33(26)23-19(34-3)10-8-11-20(23)35-4;1-7-4-3-5-8(6-7)9-2;1-4-5(2)3;2*1-2/h7-12,14-15,21H,6,13,16H2,1-5H3,(H,31,32);3-6H,1-2H3;4H,1-3H3;2*1-2H3. The van der Waals surface area contributed by atoms with Gasteiger partial charge in [-0.25, -0.2) is 15.0 Å². The average molecular weight is 790 g/mol. The molecule has 1 atom stereocenters. The van der Waals surface area contributed by atoms with Gasteiger partial charge in [-0.05, 0) is 94.4 Å². The van der Waals surface area contributed by atoms with Gasteiger partial charge in [0.25, 0.3) is 0 Å². The van der Waals surface area contributed by atoms with Gasteiger partial charge in [-0.15, -0.1) is 10.2 Å². The molecule has 13 heteroatoms. The Hall–Kier alpha value is -5.14. The normalized spacial score (nSPS) is 10.2. The zero-order chi connectivity index (χ0) is 41.9. The molecule has 0 radical (unpaired) electrons. The van der Waals surface area contributed by atoms with Crippen LogP contribution in [0.15, 0.2) is 84.7 Å². The van der Waals surface area contributed by atoms with Crippen molar-refractivity contribution in [2.45, 2.75) is 81.8 Å². The third-order valence-corrected chi connectivity index (χ3v) is 8.06. The predicted molar refractivity (Wildman–Crippen MR) is 232 cm³/mol. The van der Waals surface area contributed by atoms with Gasteiger partial charge < -0.3 is 23.7 Å². The van der Waals surface area contributed by atoms with Crippen LogP contribution >= 0.6 is 11.9 Å². The first kappa shape index (κ1) is 48.9. The molecule has 0 aliphatic heterocycles. The van der Waals surface area contributed by atoms with Crippen LogP contribution in [-0.4, -0.2) is 70.5 Å². The maximum Gasteiger partial charge on any atom is 0.239 e. The number of aromatic nitrogens is 6. The van der Waals surface area contributed by atoms with Gasteiger partial charge in [0.2, 0.25) is 11.8 Å². The fourth-order valence-electron chi connectivity index (χ4n) is 4.38. The number of nitrogens with zero attached hydrogens (tertiary/aromatic N) is 6. The van der Waals surface area contributed by atoms with Crippen LogP contribution in [0.2, 0.25) is 0 Å². The first-order valence-electron chi connectivity index (χ1n) is 18.9. The molecule has 0 bridgehead atoms. The molecule has 5 rings (SSSR count). The Labute approximate surface area is 339 Å². The lowest BCUT2D eigenvalue weighted by Crippen LogP contribution is -2.14. The van der Waals surface area contributed by atoms with E-state index in [-0.39, 0.29) is 6.10 Å². The van der Waals surface area contributed by atoms with Gasteiger partial charge in [-0.3, -0.25) is 9.29 Å². The number of hydrogen-bond acceptors (Lipinski definition) is 12. The highest BCUT2D eigenvalue weighted by Gasteiger charge is 2.24. The molecule has 3 aromatic heterocycles. The summed E-state index contributed by atoms with van der Waals surface area (Å²) < 4.78 is 32.9. The number of nitrogens with one attached hydrogen (secondary N) is 1. The first-order chi connectivity index (χ1) is 27.2. The Bertz CT molecular complexity index is 1810. The molecule has 0 aliphatic rings. The van der Waals surface area contributed by atoms with E-state index in [9.17, 15) is 0 Å². The number of allylic oxidation sites excluding steroid dienone is 2. The van der Waals surface area contributed by atoms with Gasteiger partial charge in [0, 0.05) is 30.8 Å². The van der Waals surface area contributed by atoms with Crippen molar-refractivity contribution in [2.75, 3.05) is 45.5 Å². The fraction of sp³-hybridized carbons (Fsp3) is 0.419. The molecule has 0 amide bonds. The molecule has 0 aliphatic carbocycles. The third-order valence-electron chi connectivity index (χ3n) is 7.26. The Balaban J connectivity index is 0.000000724. The smallest absolute Gasteiger partial charge is 0.239 e. The molecule has 2 aromatic carbocycles. The van der Waals surface area contributed by atoms with E-state index in [1.807, 2.05) is 108 Å². The van der Waals surface area contributed by atoms with E-state index in [2.05, 4.69) is 56.7 Å². The van der Waals surface area contributed by atoms with E-state index in [1.165, 1.54) is 23.1 Å². The lowest BCUT2D eigenvalue weighted by molar-refractivity contribution is 0.0635. The lowest BCUT2D eigenvalue weighted by Gasteiger charge is -2.18. The van der Waals surface area contributed by atoms with Crippen molar-refractivity contribution in [3.8, 4) is 40.3 Å². The maximum absolute atomic E-state index is 6.05. The van der Waals surface area contributed by atoms with E-state index < -0.39 is 0 Å². The highest BCUT2D eigenvalue weighted by atomic mass is 32.2. The van der Waals surface area contributed by atoms with Gasteiger partial charge in [-0.2, -0.15) is 0 Å². The Morgan fingerprint density at radius 1 is 0.804 bits per heavy atom. The minimum Gasteiger partial charge on any atom is -0.497 e. The SMILES string of the molecule is CC.CC.CC=C(C)C.CCCOC(CSNc1nnc(-c2cccc(OC)n2)n1-c1c(OC)cccc1OC)c1ncc(C)cn1.COc1cccc(C)c1. The summed E-state index contributed by atoms with van der Waals surface area (Å²) in [7, 11) is 6.45. The van der Waals surface area contributed by atoms with Gasteiger partial charge >= 0.3 is 0 Å². The predicted octanol–water partition coefficient (Wildman–Crippen LogP) is 10.7. The number of aryl methyl sites for hydroxylation is 2. The van der Waals surface area contributed by atoms with Crippen LogP contribution in [0.25, 0.3) is 17.2 Å². The molecule has 5 aromatic rings. The van der Waals surface area contributed by atoms with Crippen molar-refractivity contribution in [2.24, 2.45) is 0 Å². The van der Waals surface area contributed by atoms with Crippen LogP contribution in [0.5, 0.6) is 23.1 Å². The largest absolute Gasteiger partial charge is 0.497 e. The van der Waals surface area contributed by atoms with E-state index in [1.54, 1.807) is 46.9 Å². The summed E-state index contributed by atoms with van der Waals surface area (Å²) in [5.74, 6) is 4.65. The summed E-state index contributed by atoms with van der Waals surface area (Å²) in [6.07, 6.45) is 6.26. The van der Waals surface area contributed by atoms with Gasteiger partial charge in [0.15, 0.2) is 11.6 Å². The average Bonchev–Trinajstić information content (AvgIpc) is 3.67. The van der Waals surface area contributed by atoms with Crippen LogP contribution in [0, 0.1) is 13.8 Å². The number of methoxy groups -OCH3 is 4. The van der Waals surface area contributed by atoms with Crippen molar-refractivity contribution < 1.29 is 23.7 Å². The number of benzene rings is 2. The summed E-state index contributed by atoms with van der Waals surface area (Å²) in [4.78, 5) is 13.5. The molecule has 3 heterocycles. The lowest BCUT2D eigenvalue weighted by atomic mass is 10.2. The first-order valence-corrected chi connectivity index (χ1v) is 19.8. The Morgan fingerprint density at radius 2 is 1.41 bits per heavy atom. The fourth-order valence-corrected chi connectivity index (χ4v) is 5.12. The topological polar surface area (TPSA) is 128 Å². The van der Waals surface area contributed by atoms with Crippen molar-refractivity contribution in [1.82, 2.24) is 29.7 Å². The molecule has 1 unspecified atom stereocenters. The van der Waals surface area contributed by atoms with Crippen molar-refractivity contribution in [3.63, 3.8) is 0 Å². The van der Waals surface area contributed by atoms with Crippen LogP contribution in [-0.2, 0) is 4.74 Å². The number of para-hydroxylation sites is 1. The second kappa shape index (κ2) is 28.3. The monoisotopic (exact) mass is 789 g/mol. The summed E-state index contributed by atoms with van der Waals surface area (Å²) in [5, 5.41) is 8.89. The van der Waals surface area contributed by atoms with Crippen LogP contribution in [0.3, 0.4) is 0 Å². The van der Waals surface area contributed by atoms with E-state index in [4.69, 9.17) is 23.7 Å². The summed E-state index contributed by atoms with van der Waals surface area (Å²) >= 11 is 1.41. The number of rotatable bonds is 14. The van der Waals surface area contributed by atoms with E-state index in [0.717, 1.165) is 17.7 Å². The molecular formula is C43H63N7O5S. The maximum atomic E-state index is 6.05. The zero-order valence-electron chi connectivity index (χ0n) is 35.8. The van der Waals surface area contributed by atoms with E-state index in [0.29, 0.717) is 58.7 Å². The minimum absolute atomic E-state index is 0.301. The third kappa shape index (κ3) is 15.9. The highest BCUT2D eigenvalue weighted by molar-refractivity contribution is 8.00.